The predicted molar refractivity (Wildman–Crippen MR) is 67.1 cm³/mol. The predicted octanol–water partition coefficient (Wildman–Crippen LogP) is 1.77. The van der Waals surface area contributed by atoms with Crippen molar-refractivity contribution in [1.29, 1.82) is 0 Å². The largest absolute Gasteiger partial charge is 0.370 e. The van der Waals surface area contributed by atoms with Crippen molar-refractivity contribution in [2.75, 3.05) is 17.3 Å². The van der Waals surface area contributed by atoms with Crippen LogP contribution >= 0.6 is 0 Å². The number of hydrogen-bond donors (Lipinski definition) is 3. The molecule has 0 radical (unpaired) electrons. The van der Waals surface area contributed by atoms with Crippen molar-refractivity contribution < 1.29 is 0 Å². The minimum absolute atomic E-state index is 0.601. The molecule has 4 N–H and O–H groups in total. The Morgan fingerprint density at radius 1 is 1.25 bits per heavy atom. The molecule has 1 heterocycles. The Morgan fingerprint density at radius 2 is 1.88 bits per heavy atom. The normalized spacial score (nSPS) is 12.6. The van der Waals surface area contributed by atoms with Crippen molar-refractivity contribution in [3.8, 4) is 0 Å². The smallest absolute Gasteiger partial charge is 0.145 e. The zero-order valence-corrected chi connectivity index (χ0v) is 10.4. The molecule has 0 fully saturated rings. The summed E-state index contributed by atoms with van der Waals surface area (Å²) in [6.45, 7) is 9.39. The second-order valence-electron chi connectivity index (χ2n) is 4.43. The second-order valence-corrected chi connectivity index (χ2v) is 4.43. The zero-order chi connectivity index (χ0) is 12.1. The molecular formula is C11H21N5. The molecule has 0 aliphatic rings. The number of nitrogens with one attached hydrogen (secondary N) is 2. The Hall–Kier alpha value is -1.36. The SMILES string of the molecule is Cc1nc(NN)cc(NCC(C)C(C)C)n1. The molecule has 0 amide bonds. The third kappa shape index (κ3) is 3.66. The minimum Gasteiger partial charge on any atom is -0.370 e. The van der Waals surface area contributed by atoms with E-state index in [1.165, 1.54) is 0 Å². The maximum Gasteiger partial charge on any atom is 0.145 e. The van der Waals surface area contributed by atoms with Crippen molar-refractivity contribution in [3.05, 3.63) is 11.9 Å². The van der Waals surface area contributed by atoms with Crippen LogP contribution in [0.2, 0.25) is 0 Å². The molecule has 1 aromatic heterocycles. The first-order valence-corrected chi connectivity index (χ1v) is 5.59. The van der Waals surface area contributed by atoms with Gasteiger partial charge in [-0.25, -0.2) is 15.8 Å². The lowest BCUT2D eigenvalue weighted by Crippen LogP contribution is -2.18. The minimum atomic E-state index is 0.601. The van der Waals surface area contributed by atoms with Crippen LogP contribution in [-0.2, 0) is 0 Å². The highest BCUT2D eigenvalue weighted by atomic mass is 15.3. The van der Waals surface area contributed by atoms with Crippen molar-refractivity contribution in [1.82, 2.24) is 9.97 Å². The van der Waals surface area contributed by atoms with E-state index in [0.29, 0.717) is 23.5 Å². The zero-order valence-electron chi connectivity index (χ0n) is 10.4. The van der Waals surface area contributed by atoms with E-state index in [9.17, 15) is 0 Å². The van der Waals surface area contributed by atoms with Gasteiger partial charge in [0.15, 0.2) is 0 Å². The van der Waals surface area contributed by atoms with E-state index in [4.69, 9.17) is 5.84 Å². The van der Waals surface area contributed by atoms with E-state index in [-0.39, 0.29) is 0 Å². The van der Waals surface area contributed by atoms with Crippen molar-refractivity contribution in [2.45, 2.75) is 27.7 Å². The van der Waals surface area contributed by atoms with Gasteiger partial charge in [-0.1, -0.05) is 20.8 Å². The lowest BCUT2D eigenvalue weighted by atomic mass is 9.98. The molecule has 1 rings (SSSR count). The summed E-state index contributed by atoms with van der Waals surface area (Å²) in [5.74, 6) is 8.73. The van der Waals surface area contributed by atoms with Crippen LogP contribution in [0.1, 0.15) is 26.6 Å². The molecule has 0 spiro atoms. The van der Waals surface area contributed by atoms with Gasteiger partial charge >= 0.3 is 0 Å². The number of hydrogen-bond acceptors (Lipinski definition) is 5. The molecule has 16 heavy (non-hydrogen) atoms. The molecule has 0 saturated heterocycles. The first kappa shape index (κ1) is 12.7. The van der Waals surface area contributed by atoms with Gasteiger partial charge in [0.05, 0.1) is 0 Å². The highest BCUT2D eigenvalue weighted by molar-refractivity contribution is 5.46. The topological polar surface area (TPSA) is 75.9 Å². The molecule has 0 aromatic carbocycles. The van der Waals surface area contributed by atoms with Crippen LogP contribution < -0.4 is 16.6 Å². The fourth-order valence-corrected chi connectivity index (χ4v) is 1.23. The third-order valence-electron chi connectivity index (χ3n) is 2.73. The van der Waals surface area contributed by atoms with Gasteiger partial charge in [0.1, 0.15) is 17.5 Å². The number of nitrogens with zero attached hydrogens (tertiary/aromatic N) is 2. The maximum absolute atomic E-state index is 5.32. The number of anilines is 2. The van der Waals surface area contributed by atoms with Crippen molar-refractivity contribution >= 4 is 11.6 Å². The average molecular weight is 223 g/mol. The van der Waals surface area contributed by atoms with Crippen LogP contribution in [0.15, 0.2) is 6.07 Å². The van der Waals surface area contributed by atoms with Gasteiger partial charge in [0.2, 0.25) is 0 Å². The molecule has 0 bridgehead atoms. The lowest BCUT2D eigenvalue weighted by Gasteiger charge is -2.16. The first-order chi connectivity index (χ1) is 7.52. The van der Waals surface area contributed by atoms with Gasteiger partial charge in [-0.3, -0.25) is 0 Å². The fraction of sp³-hybridized carbons (Fsp3) is 0.636. The molecule has 1 atom stereocenters. The Labute approximate surface area is 96.8 Å². The Kier molecular flexibility index (Phi) is 4.49. The van der Waals surface area contributed by atoms with Gasteiger partial charge in [-0.15, -0.1) is 0 Å². The number of aromatic nitrogens is 2. The van der Waals surface area contributed by atoms with Crippen LogP contribution in [0.25, 0.3) is 0 Å². The number of nitrogen functional groups attached to an aromatic ring is 1. The Balaban J connectivity index is 2.63. The first-order valence-electron chi connectivity index (χ1n) is 5.59. The van der Waals surface area contributed by atoms with Gasteiger partial charge in [0.25, 0.3) is 0 Å². The summed E-state index contributed by atoms with van der Waals surface area (Å²) < 4.78 is 0. The number of hydrazine groups is 1. The Bertz CT molecular complexity index is 337. The molecular weight excluding hydrogens is 202 g/mol. The summed E-state index contributed by atoms with van der Waals surface area (Å²) in [5.41, 5.74) is 2.53. The second kappa shape index (κ2) is 5.65. The summed E-state index contributed by atoms with van der Waals surface area (Å²) in [6, 6.07) is 1.81. The highest BCUT2D eigenvalue weighted by Gasteiger charge is 2.07. The third-order valence-corrected chi connectivity index (χ3v) is 2.73. The maximum atomic E-state index is 5.32. The standard InChI is InChI=1S/C11H21N5/c1-7(2)8(3)6-13-10-5-11(16-12)15-9(4)14-10/h5,7-8H,6,12H2,1-4H3,(H2,13,14,15,16). The van der Waals surface area contributed by atoms with Crippen LogP contribution in [0, 0.1) is 18.8 Å². The average Bonchev–Trinajstić information content (AvgIpc) is 2.24. The molecule has 90 valence electrons. The molecule has 0 aliphatic carbocycles. The van der Waals surface area contributed by atoms with Crippen LogP contribution in [-0.4, -0.2) is 16.5 Å². The summed E-state index contributed by atoms with van der Waals surface area (Å²) in [5, 5.41) is 3.29. The van der Waals surface area contributed by atoms with E-state index >= 15 is 0 Å². The van der Waals surface area contributed by atoms with E-state index in [2.05, 4.69) is 41.5 Å². The van der Waals surface area contributed by atoms with Gasteiger partial charge < -0.3 is 10.7 Å². The van der Waals surface area contributed by atoms with Crippen LogP contribution in [0.5, 0.6) is 0 Å². The fourth-order valence-electron chi connectivity index (χ4n) is 1.23. The number of aryl methyl sites for hydroxylation is 1. The van der Waals surface area contributed by atoms with E-state index in [1.807, 2.05) is 6.92 Å². The summed E-state index contributed by atoms with van der Waals surface area (Å²) in [6.07, 6.45) is 0. The number of nitrogens with two attached hydrogens (primary N) is 1. The molecule has 1 aromatic rings. The monoisotopic (exact) mass is 223 g/mol. The van der Waals surface area contributed by atoms with Gasteiger partial charge in [-0.05, 0) is 18.8 Å². The molecule has 5 nitrogen and oxygen atoms in total. The number of rotatable bonds is 5. The van der Waals surface area contributed by atoms with Crippen molar-refractivity contribution in [2.24, 2.45) is 17.7 Å². The van der Waals surface area contributed by atoms with Crippen molar-refractivity contribution in [3.63, 3.8) is 0 Å². The van der Waals surface area contributed by atoms with E-state index < -0.39 is 0 Å². The summed E-state index contributed by atoms with van der Waals surface area (Å²) >= 11 is 0. The van der Waals surface area contributed by atoms with Crippen LogP contribution in [0.3, 0.4) is 0 Å². The molecule has 1 unspecified atom stereocenters. The van der Waals surface area contributed by atoms with Crippen LogP contribution in [0.4, 0.5) is 11.6 Å². The summed E-state index contributed by atoms with van der Waals surface area (Å²) in [4.78, 5) is 8.42. The molecule has 5 heteroatoms. The van der Waals surface area contributed by atoms with Gasteiger partial charge in [-0.2, -0.15) is 0 Å². The quantitative estimate of drug-likeness (QED) is 0.524. The summed E-state index contributed by atoms with van der Waals surface area (Å²) in [7, 11) is 0. The van der Waals surface area contributed by atoms with E-state index in [0.717, 1.165) is 12.4 Å². The Morgan fingerprint density at radius 3 is 2.44 bits per heavy atom. The lowest BCUT2D eigenvalue weighted by molar-refractivity contribution is 0.439. The molecule has 0 saturated carbocycles. The molecule has 0 aliphatic heterocycles. The van der Waals surface area contributed by atoms with Gasteiger partial charge in [0, 0.05) is 12.6 Å². The van der Waals surface area contributed by atoms with E-state index in [1.54, 1.807) is 6.07 Å². The highest BCUT2D eigenvalue weighted by Crippen LogP contribution is 2.13.